The fraction of sp³-hybridized carbons (Fsp3) is 0.429. The highest BCUT2D eigenvalue weighted by Gasteiger charge is 2.05. The molecule has 1 aromatic heterocycles. The number of benzene rings is 1. The number of aromatic nitrogens is 3. The fourth-order valence-corrected chi connectivity index (χ4v) is 1.84. The molecule has 0 amide bonds. The third kappa shape index (κ3) is 4.42. The van der Waals surface area contributed by atoms with Crippen LogP contribution in [0, 0.1) is 5.82 Å². The third-order valence-electron chi connectivity index (χ3n) is 2.84. The summed E-state index contributed by atoms with van der Waals surface area (Å²) in [4.78, 5) is 0. The first-order valence-corrected chi connectivity index (χ1v) is 6.89. The third-order valence-corrected chi connectivity index (χ3v) is 2.84. The Morgan fingerprint density at radius 3 is 3.00 bits per heavy atom. The van der Waals surface area contributed by atoms with Crippen LogP contribution in [0.1, 0.15) is 19.0 Å². The van der Waals surface area contributed by atoms with Crippen molar-refractivity contribution in [1.82, 2.24) is 15.0 Å². The zero-order chi connectivity index (χ0) is 15.1. The SMILES string of the molecule is CCOc1ccc(NCc2cn(CCCO)nn2)cc1F. The molecule has 114 valence electrons. The molecule has 0 saturated heterocycles. The largest absolute Gasteiger partial charge is 0.491 e. The molecule has 0 aliphatic carbocycles. The van der Waals surface area contributed by atoms with Crippen LogP contribution in [-0.2, 0) is 13.1 Å². The van der Waals surface area contributed by atoms with Crippen LogP contribution in [0.3, 0.4) is 0 Å². The number of halogens is 1. The van der Waals surface area contributed by atoms with Crippen molar-refractivity contribution < 1.29 is 14.2 Å². The Kier molecular flexibility index (Phi) is 5.51. The summed E-state index contributed by atoms with van der Waals surface area (Å²) in [5, 5.41) is 19.8. The maximum Gasteiger partial charge on any atom is 0.167 e. The molecular weight excluding hydrogens is 275 g/mol. The van der Waals surface area contributed by atoms with E-state index in [1.54, 1.807) is 23.0 Å². The maximum absolute atomic E-state index is 13.7. The number of hydrogen-bond donors (Lipinski definition) is 2. The Bertz CT molecular complexity index is 574. The minimum Gasteiger partial charge on any atom is -0.491 e. The minimum atomic E-state index is -0.395. The lowest BCUT2D eigenvalue weighted by Gasteiger charge is -2.08. The van der Waals surface area contributed by atoms with Gasteiger partial charge in [0, 0.05) is 24.9 Å². The van der Waals surface area contributed by atoms with E-state index in [2.05, 4.69) is 15.6 Å². The highest BCUT2D eigenvalue weighted by molar-refractivity contribution is 5.47. The molecule has 6 nitrogen and oxygen atoms in total. The van der Waals surface area contributed by atoms with Gasteiger partial charge in [0.2, 0.25) is 0 Å². The Labute approximate surface area is 122 Å². The van der Waals surface area contributed by atoms with Crippen LogP contribution in [0.2, 0.25) is 0 Å². The van der Waals surface area contributed by atoms with Crippen molar-refractivity contribution in [1.29, 1.82) is 0 Å². The zero-order valence-corrected chi connectivity index (χ0v) is 11.9. The summed E-state index contributed by atoms with van der Waals surface area (Å²) in [5.74, 6) is -0.147. The monoisotopic (exact) mass is 294 g/mol. The molecule has 1 aromatic carbocycles. The molecule has 0 atom stereocenters. The van der Waals surface area contributed by atoms with E-state index in [9.17, 15) is 4.39 Å². The highest BCUT2D eigenvalue weighted by atomic mass is 19.1. The molecule has 0 aliphatic rings. The van der Waals surface area contributed by atoms with Gasteiger partial charge in [0.1, 0.15) is 5.69 Å². The maximum atomic E-state index is 13.7. The molecule has 2 N–H and O–H groups in total. The molecule has 0 spiro atoms. The molecule has 0 unspecified atom stereocenters. The molecule has 21 heavy (non-hydrogen) atoms. The van der Waals surface area contributed by atoms with Gasteiger partial charge < -0.3 is 15.2 Å². The van der Waals surface area contributed by atoms with Crippen molar-refractivity contribution in [3.8, 4) is 5.75 Å². The summed E-state index contributed by atoms with van der Waals surface area (Å²) >= 11 is 0. The van der Waals surface area contributed by atoms with Crippen LogP contribution < -0.4 is 10.1 Å². The van der Waals surface area contributed by atoms with E-state index in [1.807, 2.05) is 6.92 Å². The lowest BCUT2D eigenvalue weighted by atomic mass is 10.3. The van der Waals surface area contributed by atoms with Crippen molar-refractivity contribution >= 4 is 5.69 Å². The Balaban J connectivity index is 1.90. The molecule has 0 fully saturated rings. The van der Waals surface area contributed by atoms with E-state index in [0.29, 0.717) is 31.8 Å². The van der Waals surface area contributed by atoms with Gasteiger partial charge in [-0.25, -0.2) is 4.39 Å². The number of hydrogen-bond acceptors (Lipinski definition) is 5. The predicted molar refractivity (Wildman–Crippen MR) is 76.6 cm³/mol. The number of nitrogens with one attached hydrogen (secondary N) is 1. The molecule has 2 aromatic rings. The Hall–Kier alpha value is -2.15. The minimum absolute atomic E-state index is 0.124. The number of aliphatic hydroxyl groups excluding tert-OH is 1. The van der Waals surface area contributed by atoms with Gasteiger partial charge in [-0.3, -0.25) is 4.68 Å². The number of ether oxygens (including phenoxy) is 1. The molecule has 0 aliphatic heterocycles. The van der Waals surface area contributed by atoms with Crippen molar-refractivity contribution in [2.45, 2.75) is 26.4 Å². The first-order chi connectivity index (χ1) is 10.2. The summed E-state index contributed by atoms with van der Waals surface area (Å²) in [6.45, 7) is 3.44. The summed E-state index contributed by atoms with van der Waals surface area (Å²) < 4.78 is 20.5. The number of aryl methyl sites for hydroxylation is 1. The first-order valence-electron chi connectivity index (χ1n) is 6.89. The van der Waals surface area contributed by atoms with Crippen LogP contribution in [-0.4, -0.2) is 33.3 Å². The number of rotatable bonds is 8. The van der Waals surface area contributed by atoms with Crippen LogP contribution in [0.15, 0.2) is 24.4 Å². The Morgan fingerprint density at radius 2 is 2.29 bits per heavy atom. The van der Waals surface area contributed by atoms with E-state index in [4.69, 9.17) is 9.84 Å². The first kappa shape index (κ1) is 15.2. The average molecular weight is 294 g/mol. The normalized spacial score (nSPS) is 10.6. The van der Waals surface area contributed by atoms with Crippen molar-refractivity contribution in [3.63, 3.8) is 0 Å². The van der Waals surface area contributed by atoms with Gasteiger partial charge >= 0.3 is 0 Å². The molecule has 0 radical (unpaired) electrons. The summed E-state index contributed by atoms with van der Waals surface area (Å²) in [6, 6.07) is 4.74. The second-order valence-electron chi connectivity index (χ2n) is 4.48. The number of nitrogens with zero attached hydrogens (tertiary/aromatic N) is 3. The van der Waals surface area contributed by atoms with Crippen molar-refractivity contribution in [2.24, 2.45) is 0 Å². The Morgan fingerprint density at radius 1 is 1.43 bits per heavy atom. The van der Waals surface area contributed by atoms with Crippen LogP contribution in [0.4, 0.5) is 10.1 Å². The number of aliphatic hydroxyl groups is 1. The van der Waals surface area contributed by atoms with Gasteiger partial charge in [-0.1, -0.05) is 5.21 Å². The van der Waals surface area contributed by atoms with E-state index in [0.717, 1.165) is 5.69 Å². The molecule has 1 heterocycles. The molecule has 7 heteroatoms. The van der Waals surface area contributed by atoms with Gasteiger partial charge in [-0.2, -0.15) is 0 Å². The lowest BCUT2D eigenvalue weighted by molar-refractivity contribution is 0.276. The second kappa shape index (κ2) is 7.58. The second-order valence-corrected chi connectivity index (χ2v) is 4.48. The van der Waals surface area contributed by atoms with Crippen LogP contribution >= 0.6 is 0 Å². The highest BCUT2D eigenvalue weighted by Crippen LogP contribution is 2.21. The van der Waals surface area contributed by atoms with Crippen molar-refractivity contribution in [3.05, 3.63) is 35.9 Å². The van der Waals surface area contributed by atoms with Crippen molar-refractivity contribution in [2.75, 3.05) is 18.5 Å². The van der Waals surface area contributed by atoms with Gasteiger partial charge in [-0.15, -0.1) is 5.10 Å². The van der Waals surface area contributed by atoms with Gasteiger partial charge in [0.25, 0.3) is 0 Å². The predicted octanol–water partition coefficient (Wildman–Crippen LogP) is 1.81. The molecular formula is C14H19FN4O2. The van der Waals surface area contributed by atoms with E-state index in [1.165, 1.54) is 6.07 Å². The van der Waals surface area contributed by atoms with Gasteiger partial charge in [-0.05, 0) is 25.5 Å². The lowest BCUT2D eigenvalue weighted by Crippen LogP contribution is -2.02. The fourth-order valence-electron chi connectivity index (χ4n) is 1.84. The summed E-state index contributed by atoms with van der Waals surface area (Å²) in [6.07, 6.45) is 2.44. The molecule has 0 saturated carbocycles. The van der Waals surface area contributed by atoms with Gasteiger partial charge in [0.15, 0.2) is 11.6 Å². The summed E-state index contributed by atoms with van der Waals surface area (Å²) in [5.41, 5.74) is 1.41. The van der Waals surface area contributed by atoms with E-state index >= 15 is 0 Å². The van der Waals surface area contributed by atoms with Crippen LogP contribution in [0.25, 0.3) is 0 Å². The van der Waals surface area contributed by atoms with Crippen LogP contribution in [0.5, 0.6) is 5.75 Å². The van der Waals surface area contributed by atoms with E-state index in [-0.39, 0.29) is 12.4 Å². The zero-order valence-electron chi connectivity index (χ0n) is 11.9. The van der Waals surface area contributed by atoms with Gasteiger partial charge in [0.05, 0.1) is 19.3 Å². The molecule has 2 rings (SSSR count). The number of anilines is 1. The molecule has 0 bridgehead atoms. The summed E-state index contributed by atoms with van der Waals surface area (Å²) in [7, 11) is 0. The smallest absolute Gasteiger partial charge is 0.167 e. The standard InChI is InChI=1S/C14H19FN4O2/c1-2-21-14-5-4-11(8-13(14)15)16-9-12-10-19(18-17-12)6-3-7-20/h4-5,8,10,16,20H,2-3,6-7,9H2,1H3. The topological polar surface area (TPSA) is 72.2 Å². The van der Waals surface area contributed by atoms with E-state index < -0.39 is 5.82 Å². The average Bonchev–Trinajstić information content (AvgIpc) is 2.93. The quantitative estimate of drug-likeness (QED) is 0.777.